The Labute approximate surface area is 119 Å². The highest BCUT2D eigenvalue weighted by Crippen LogP contribution is 2.40. The molecule has 0 radical (unpaired) electrons. The van der Waals surface area contributed by atoms with Crippen LogP contribution in [0.15, 0.2) is 30.3 Å². The first-order chi connectivity index (χ1) is 8.69. The van der Waals surface area contributed by atoms with E-state index in [0.29, 0.717) is 0 Å². The molecule has 0 aliphatic carbocycles. The maximum Gasteiger partial charge on any atom is 0.193 e. The Balaban J connectivity index is 3.01. The molecule has 0 amide bonds. The van der Waals surface area contributed by atoms with Crippen LogP contribution in [0.5, 0.6) is 0 Å². The van der Waals surface area contributed by atoms with E-state index in [1.807, 2.05) is 6.07 Å². The van der Waals surface area contributed by atoms with Gasteiger partial charge in [0.15, 0.2) is 8.32 Å². The monoisotopic (exact) mass is 280 g/mol. The summed E-state index contributed by atoms with van der Waals surface area (Å²) in [6, 6.07) is 10.4. The van der Waals surface area contributed by atoms with Crippen LogP contribution >= 0.6 is 0 Å². The second kappa shape index (κ2) is 6.20. The lowest BCUT2D eigenvalue weighted by Crippen LogP contribution is -2.43. The number of methoxy groups -OCH3 is 1. The lowest BCUT2D eigenvalue weighted by atomic mass is 10.1. The zero-order valence-corrected chi connectivity index (χ0v) is 14.4. The third-order valence-electron chi connectivity index (χ3n) is 4.15. The van der Waals surface area contributed by atoms with Crippen LogP contribution in [0.25, 0.3) is 0 Å². The fourth-order valence-corrected chi connectivity index (χ4v) is 3.01. The van der Waals surface area contributed by atoms with Crippen molar-refractivity contribution in [2.75, 3.05) is 7.11 Å². The van der Waals surface area contributed by atoms with Gasteiger partial charge in [-0.25, -0.2) is 0 Å². The summed E-state index contributed by atoms with van der Waals surface area (Å²) in [5.41, 5.74) is 1.20. The Morgan fingerprint density at radius 3 is 2.00 bits per heavy atom. The molecule has 0 bridgehead atoms. The largest absolute Gasteiger partial charge is 0.407 e. The second-order valence-electron chi connectivity index (χ2n) is 6.65. The SMILES string of the molecule is CO[C@@H](C)C(O[Si](C)(C)C(C)(C)C)c1ccccc1. The molecule has 1 unspecified atom stereocenters. The predicted octanol–water partition coefficient (Wildman–Crippen LogP) is 4.78. The highest BCUT2D eigenvalue weighted by Gasteiger charge is 2.40. The van der Waals surface area contributed by atoms with Crippen LogP contribution in [0.3, 0.4) is 0 Å². The first-order valence-electron chi connectivity index (χ1n) is 6.94. The lowest BCUT2D eigenvalue weighted by molar-refractivity contribution is 0.00556. The van der Waals surface area contributed by atoms with Crippen molar-refractivity contribution in [1.82, 2.24) is 0 Å². The van der Waals surface area contributed by atoms with Crippen molar-refractivity contribution in [1.29, 1.82) is 0 Å². The molecule has 0 spiro atoms. The normalized spacial score (nSPS) is 16.2. The number of benzene rings is 1. The van der Waals surface area contributed by atoms with E-state index in [0.717, 1.165) is 0 Å². The Hall–Kier alpha value is -0.643. The summed E-state index contributed by atoms with van der Waals surface area (Å²) in [5, 5.41) is 0.202. The van der Waals surface area contributed by atoms with Crippen LogP contribution in [-0.2, 0) is 9.16 Å². The first kappa shape index (κ1) is 16.4. The molecule has 1 aromatic carbocycles. The summed E-state index contributed by atoms with van der Waals surface area (Å²) in [4.78, 5) is 0. The fourth-order valence-electron chi connectivity index (χ4n) is 1.70. The molecule has 2 nitrogen and oxygen atoms in total. The summed E-state index contributed by atoms with van der Waals surface area (Å²) in [6.45, 7) is 13.4. The molecular formula is C16H28O2Si. The lowest BCUT2D eigenvalue weighted by Gasteiger charge is -2.40. The van der Waals surface area contributed by atoms with Crippen molar-refractivity contribution in [3.63, 3.8) is 0 Å². The zero-order chi connectivity index (χ0) is 14.7. The molecule has 0 heterocycles. The summed E-state index contributed by atoms with van der Waals surface area (Å²) in [6.07, 6.45) is 0.0589. The third kappa shape index (κ3) is 4.16. The van der Waals surface area contributed by atoms with Crippen LogP contribution < -0.4 is 0 Å². The average molecular weight is 280 g/mol. The van der Waals surface area contributed by atoms with Gasteiger partial charge in [-0.1, -0.05) is 51.1 Å². The summed E-state index contributed by atoms with van der Waals surface area (Å²) >= 11 is 0. The summed E-state index contributed by atoms with van der Waals surface area (Å²) in [7, 11) is -0.0642. The van der Waals surface area contributed by atoms with Gasteiger partial charge in [-0.05, 0) is 30.6 Å². The van der Waals surface area contributed by atoms with Gasteiger partial charge < -0.3 is 9.16 Å². The van der Waals surface area contributed by atoms with E-state index < -0.39 is 8.32 Å². The van der Waals surface area contributed by atoms with Gasteiger partial charge in [0.05, 0.1) is 12.2 Å². The molecular weight excluding hydrogens is 252 g/mol. The van der Waals surface area contributed by atoms with E-state index in [1.54, 1.807) is 7.11 Å². The van der Waals surface area contributed by atoms with Gasteiger partial charge in [-0.3, -0.25) is 0 Å². The standard InChI is InChI=1S/C16H28O2Si/c1-13(17-5)15(14-11-9-8-10-12-14)18-19(6,7)16(2,3)4/h8-13,15H,1-7H3/t13-,15?/m0/s1. The van der Waals surface area contributed by atoms with E-state index in [4.69, 9.17) is 9.16 Å². The van der Waals surface area contributed by atoms with Gasteiger partial charge in [0.25, 0.3) is 0 Å². The van der Waals surface area contributed by atoms with E-state index in [2.05, 4.69) is 65.1 Å². The van der Waals surface area contributed by atoms with Crippen molar-refractivity contribution in [3.8, 4) is 0 Å². The minimum atomic E-state index is -1.81. The quantitative estimate of drug-likeness (QED) is 0.722. The molecule has 3 heteroatoms. The number of ether oxygens (including phenoxy) is 1. The molecule has 108 valence electrons. The number of hydrogen-bond donors (Lipinski definition) is 0. The highest BCUT2D eigenvalue weighted by atomic mass is 28.4. The Morgan fingerprint density at radius 1 is 1.05 bits per heavy atom. The molecule has 0 fully saturated rings. The minimum Gasteiger partial charge on any atom is -0.407 e. The maximum absolute atomic E-state index is 6.56. The van der Waals surface area contributed by atoms with E-state index in [9.17, 15) is 0 Å². The molecule has 0 aromatic heterocycles. The third-order valence-corrected chi connectivity index (χ3v) is 8.61. The molecule has 0 saturated heterocycles. The Morgan fingerprint density at radius 2 is 1.58 bits per heavy atom. The summed E-state index contributed by atoms with van der Waals surface area (Å²) in [5.74, 6) is 0. The molecule has 2 atom stereocenters. The number of rotatable bonds is 5. The second-order valence-corrected chi connectivity index (χ2v) is 11.4. The zero-order valence-electron chi connectivity index (χ0n) is 13.4. The van der Waals surface area contributed by atoms with E-state index in [-0.39, 0.29) is 17.2 Å². The molecule has 19 heavy (non-hydrogen) atoms. The van der Waals surface area contributed by atoms with Crippen molar-refractivity contribution < 1.29 is 9.16 Å². The van der Waals surface area contributed by atoms with Crippen molar-refractivity contribution in [3.05, 3.63) is 35.9 Å². The van der Waals surface area contributed by atoms with Crippen LogP contribution in [0, 0.1) is 0 Å². The fraction of sp³-hybridized carbons (Fsp3) is 0.625. The van der Waals surface area contributed by atoms with Crippen LogP contribution in [0.4, 0.5) is 0 Å². The van der Waals surface area contributed by atoms with Crippen molar-refractivity contribution >= 4 is 8.32 Å². The minimum absolute atomic E-state index is 0.00657. The highest BCUT2D eigenvalue weighted by molar-refractivity contribution is 6.74. The summed E-state index contributed by atoms with van der Waals surface area (Å²) < 4.78 is 12.1. The van der Waals surface area contributed by atoms with Crippen molar-refractivity contribution in [2.24, 2.45) is 0 Å². The van der Waals surface area contributed by atoms with Gasteiger partial charge in [-0.2, -0.15) is 0 Å². The first-order valence-corrected chi connectivity index (χ1v) is 9.85. The maximum atomic E-state index is 6.56. The molecule has 0 aliphatic rings. The molecule has 0 aliphatic heterocycles. The van der Waals surface area contributed by atoms with Gasteiger partial charge in [0.2, 0.25) is 0 Å². The molecule has 1 aromatic rings. The molecule has 1 rings (SSSR count). The Bertz CT molecular complexity index is 381. The van der Waals surface area contributed by atoms with Crippen LogP contribution in [-0.4, -0.2) is 21.5 Å². The van der Waals surface area contributed by atoms with Gasteiger partial charge in [-0.15, -0.1) is 0 Å². The van der Waals surface area contributed by atoms with Gasteiger partial charge >= 0.3 is 0 Å². The number of hydrogen-bond acceptors (Lipinski definition) is 2. The smallest absolute Gasteiger partial charge is 0.193 e. The predicted molar refractivity (Wildman–Crippen MR) is 83.9 cm³/mol. The van der Waals surface area contributed by atoms with Crippen LogP contribution in [0.1, 0.15) is 39.4 Å². The van der Waals surface area contributed by atoms with Crippen LogP contribution in [0.2, 0.25) is 18.1 Å². The molecule has 0 N–H and O–H groups in total. The topological polar surface area (TPSA) is 18.5 Å². The van der Waals surface area contributed by atoms with E-state index in [1.165, 1.54) is 5.56 Å². The average Bonchev–Trinajstić information content (AvgIpc) is 2.35. The van der Waals surface area contributed by atoms with Gasteiger partial charge in [0, 0.05) is 7.11 Å². The Kier molecular flexibility index (Phi) is 5.36. The van der Waals surface area contributed by atoms with E-state index >= 15 is 0 Å². The molecule has 0 saturated carbocycles. The van der Waals surface area contributed by atoms with Gasteiger partial charge in [0.1, 0.15) is 0 Å². The van der Waals surface area contributed by atoms with Crippen molar-refractivity contribution in [2.45, 2.75) is 58.0 Å².